The first-order chi connectivity index (χ1) is 12.4. The molecular weight excluding hydrogens is 304 g/mol. The van der Waals surface area contributed by atoms with Crippen LogP contribution in [0.3, 0.4) is 0 Å². The van der Waals surface area contributed by atoms with E-state index in [9.17, 15) is 0 Å². The molecular formula is C23H28N2. The van der Waals surface area contributed by atoms with Crippen molar-refractivity contribution in [2.75, 3.05) is 6.54 Å². The number of rotatable bonds is 6. The Bertz CT molecular complexity index is 794. The van der Waals surface area contributed by atoms with Gasteiger partial charge in [-0.1, -0.05) is 68.5 Å². The molecule has 1 fully saturated rings. The Morgan fingerprint density at radius 3 is 2.52 bits per heavy atom. The van der Waals surface area contributed by atoms with Crippen LogP contribution >= 0.6 is 0 Å². The maximum atomic E-state index is 3.62. The SMILES string of the molecule is c1cc2ccc(-c3ccc(CNCCC4CCCCC4)cc3)cc2[nH]1. The second-order valence-corrected chi connectivity index (χ2v) is 7.45. The lowest BCUT2D eigenvalue weighted by molar-refractivity contribution is 0.334. The van der Waals surface area contributed by atoms with Crippen LogP contribution in [0.4, 0.5) is 0 Å². The molecule has 1 aliphatic rings. The second kappa shape index (κ2) is 7.88. The molecule has 0 atom stereocenters. The minimum absolute atomic E-state index is 0.964. The van der Waals surface area contributed by atoms with Gasteiger partial charge in [-0.05, 0) is 53.1 Å². The van der Waals surface area contributed by atoms with Gasteiger partial charge in [0.1, 0.15) is 0 Å². The third-order valence-corrected chi connectivity index (χ3v) is 5.63. The highest BCUT2D eigenvalue weighted by Crippen LogP contribution is 2.26. The van der Waals surface area contributed by atoms with E-state index in [1.807, 2.05) is 6.20 Å². The average molecular weight is 332 g/mol. The van der Waals surface area contributed by atoms with E-state index in [-0.39, 0.29) is 0 Å². The van der Waals surface area contributed by atoms with E-state index in [2.05, 4.69) is 58.8 Å². The summed E-state index contributed by atoms with van der Waals surface area (Å²) in [5.74, 6) is 0.964. The molecule has 0 saturated heterocycles. The summed E-state index contributed by atoms with van der Waals surface area (Å²) >= 11 is 0. The van der Waals surface area contributed by atoms with Gasteiger partial charge in [0.2, 0.25) is 0 Å². The number of H-pyrrole nitrogens is 1. The third-order valence-electron chi connectivity index (χ3n) is 5.63. The van der Waals surface area contributed by atoms with Gasteiger partial charge >= 0.3 is 0 Å². The van der Waals surface area contributed by atoms with Gasteiger partial charge < -0.3 is 10.3 Å². The molecule has 25 heavy (non-hydrogen) atoms. The Kier molecular flexibility index (Phi) is 5.17. The van der Waals surface area contributed by atoms with Crippen LogP contribution in [-0.2, 0) is 6.54 Å². The van der Waals surface area contributed by atoms with Crippen molar-refractivity contribution in [1.29, 1.82) is 0 Å². The Balaban J connectivity index is 1.30. The van der Waals surface area contributed by atoms with Crippen molar-refractivity contribution in [2.45, 2.75) is 45.1 Å². The molecule has 1 aliphatic carbocycles. The van der Waals surface area contributed by atoms with E-state index in [4.69, 9.17) is 0 Å². The van der Waals surface area contributed by atoms with E-state index in [0.717, 1.165) is 19.0 Å². The molecule has 0 bridgehead atoms. The fourth-order valence-electron chi connectivity index (χ4n) is 4.06. The normalized spacial score (nSPS) is 15.7. The smallest absolute Gasteiger partial charge is 0.0460 e. The van der Waals surface area contributed by atoms with Gasteiger partial charge in [-0.2, -0.15) is 0 Å². The number of aromatic amines is 1. The van der Waals surface area contributed by atoms with Crippen LogP contribution in [0.5, 0.6) is 0 Å². The van der Waals surface area contributed by atoms with Gasteiger partial charge in [0, 0.05) is 18.3 Å². The zero-order valence-corrected chi connectivity index (χ0v) is 14.9. The molecule has 1 heterocycles. The van der Waals surface area contributed by atoms with E-state index in [1.54, 1.807) is 0 Å². The van der Waals surface area contributed by atoms with E-state index >= 15 is 0 Å². The largest absolute Gasteiger partial charge is 0.361 e. The monoisotopic (exact) mass is 332 g/mol. The lowest BCUT2D eigenvalue weighted by atomic mass is 9.87. The summed E-state index contributed by atoms with van der Waals surface area (Å²) < 4.78 is 0. The van der Waals surface area contributed by atoms with Crippen molar-refractivity contribution < 1.29 is 0 Å². The molecule has 0 unspecified atom stereocenters. The molecule has 3 aromatic rings. The van der Waals surface area contributed by atoms with Crippen LogP contribution < -0.4 is 5.32 Å². The standard InChI is InChI=1S/C23H28N2/c1-2-4-18(5-3-1)12-14-24-17-19-6-8-20(9-7-19)22-11-10-21-13-15-25-23(21)16-22/h6-11,13,15-16,18,24-25H,1-5,12,14,17H2. The van der Waals surface area contributed by atoms with Crippen LogP contribution in [-0.4, -0.2) is 11.5 Å². The fourth-order valence-corrected chi connectivity index (χ4v) is 4.06. The lowest BCUT2D eigenvalue weighted by Gasteiger charge is -2.21. The molecule has 1 aromatic heterocycles. The minimum Gasteiger partial charge on any atom is -0.361 e. The minimum atomic E-state index is 0.964. The van der Waals surface area contributed by atoms with Crippen LogP contribution in [0.15, 0.2) is 54.7 Å². The number of nitrogens with one attached hydrogen (secondary N) is 2. The Labute approximate surface area is 150 Å². The molecule has 0 amide bonds. The number of benzene rings is 2. The number of aromatic nitrogens is 1. The van der Waals surface area contributed by atoms with Crippen molar-refractivity contribution >= 4 is 10.9 Å². The number of fused-ring (bicyclic) bond motifs is 1. The molecule has 0 radical (unpaired) electrons. The van der Waals surface area contributed by atoms with Gasteiger partial charge in [0.25, 0.3) is 0 Å². The lowest BCUT2D eigenvalue weighted by Crippen LogP contribution is -2.19. The summed E-state index contributed by atoms with van der Waals surface area (Å²) in [5.41, 5.74) is 5.12. The second-order valence-electron chi connectivity index (χ2n) is 7.45. The van der Waals surface area contributed by atoms with Crippen LogP contribution in [0.25, 0.3) is 22.0 Å². The summed E-state index contributed by atoms with van der Waals surface area (Å²) in [6.07, 6.45) is 10.6. The Morgan fingerprint density at radius 1 is 0.880 bits per heavy atom. The topological polar surface area (TPSA) is 27.8 Å². The highest BCUT2D eigenvalue weighted by Gasteiger charge is 2.12. The number of hydrogen-bond acceptors (Lipinski definition) is 1. The van der Waals surface area contributed by atoms with Crippen molar-refractivity contribution in [1.82, 2.24) is 10.3 Å². The van der Waals surface area contributed by atoms with Gasteiger partial charge in [-0.3, -0.25) is 0 Å². The van der Waals surface area contributed by atoms with Gasteiger partial charge in [0.15, 0.2) is 0 Å². The summed E-state index contributed by atoms with van der Waals surface area (Å²) in [6, 6.07) is 17.7. The summed E-state index contributed by atoms with van der Waals surface area (Å²) in [7, 11) is 0. The predicted molar refractivity (Wildman–Crippen MR) is 107 cm³/mol. The molecule has 130 valence electrons. The molecule has 4 rings (SSSR count). The first kappa shape index (κ1) is 16.4. The molecule has 0 spiro atoms. The zero-order valence-electron chi connectivity index (χ0n) is 14.9. The fraction of sp³-hybridized carbons (Fsp3) is 0.391. The van der Waals surface area contributed by atoms with E-state index < -0.39 is 0 Å². The summed E-state index contributed by atoms with van der Waals surface area (Å²) in [4.78, 5) is 3.29. The van der Waals surface area contributed by atoms with Gasteiger partial charge in [-0.25, -0.2) is 0 Å². The van der Waals surface area contributed by atoms with Crippen molar-refractivity contribution in [3.8, 4) is 11.1 Å². The van der Waals surface area contributed by atoms with Gasteiger partial charge in [0.05, 0.1) is 0 Å². The quantitative estimate of drug-likeness (QED) is 0.541. The van der Waals surface area contributed by atoms with Gasteiger partial charge in [-0.15, -0.1) is 0 Å². The first-order valence-corrected chi connectivity index (χ1v) is 9.76. The molecule has 0 aliphatic heterocycles. The zero-order chi connectivity index (χ0) is 16.9. The third kappa shape index (κ3) is 4.13. The van der Waals surface area contributed by atoms with Crippen LogP contribution in [0.2, 0.25) is 0 Å². The van der Waals surface area contributed by atoms with Crippen LogP contribution in [0.1, 0.15) is 44.1 Å². The Morgan fingerprint density at radius 2 is 1.68 bits per heavy atom. The molecule has 2 N–H and O–H groups in total. The predicted octanol–water partition coefficient (Wildman–Crippen LogP) is 5.89. The van der Waals surface area contributed by atoms with E-state index in [0.29, 0.717) is 0 Å². The van der Waals surface area contributed by atoms with Crippen molar-refractivity contribution in [3.05, 3.63) is 60.3 Å². The summed E-state index contributed by atoms with van der Waals surface area (Å²) in [5, 5.41) is 4.89. The average Bonchev–Trinajstić information content (AvgIpc) is 3.14. The van der Waals surface area contributed by atoms with Crippen molar-refractivity contribution in [2.24, 2.45) is 5.92 Å². The van der Waals surface area contributed by atoms with Crippen molar-refractivity contribution in [3.63, 3.8) is 0 Å². The van der Waals surface area contributed by atoms with Crippen LogP contribution in [0, 0.1) is 5.92 Å². The maximum Gasteiger partial charge on any atom is 0.0460 e. The number of hydrogen-bond donors (Lipinski definition) is 2. The summed E-state index contributed by atoms with van der Waals surface area (Å²) in [6.45, 7) is 2.12. The molecule has 2 aromatic carbocycles. The molecule has 2 nitrogen and oxygen atoms in total. The highest BCUT2D eigenvalue weighted by atomic mass is 14.8. The molecule has 2 heteroatoms. The molecule has 1 saturated carbocycles. The Hall–Kier alpha value is -2.06. The first-order valence-electron chi connectivity index (χ1n) is 9.76. The van der Waals surface area contributed by atoms with E-state index in [1.165, 1.54) is 66.1 Å². The highest BCUT2D eigenvalue weighted by molar-refractivity contribution is 5.84. The maximum absolute atomic E-state index is 3.62.